The number of rotatable bonds is 9. The molecule has 0 spiro atoms. The Morgan fingerprint density at radius 3 is 2.45 bits per heavy atom. The quantitative estimate of drug-likeness (QED) is 0.705. The maximum atomic E-state index is 13.8. The largest absolute Gasteiger partial charge is 0.488 e. The van der Waals surface area contributed by atoms with Crippen molar-refractivity contribution in [2.45, 2.75) is 39.2 Å². The molecule has 20 heavy (non-hydrogen) atoms. The second kappa shape index (κ2) is 9.19. The molecule has 2 nitrogen and oxygen atoms in total. The predicted octanol–water partition coefficient (Wildman–Crippen LogP) is 3.77. The molecule has 0 aliphatic rings. The third kappa shape index (κ3) is 5.67. The topological polar surface area (TPSA) is 35.2 Å². The summed E-state index contributed by atoms with van der Waals surface area (Å²) in [5, 5.41) is 0. The van der Waals surface area contributed by atoms with Crippen LogP contribution in [-0.4, -0.2) is 24.2 Å². The fraction of sp³-hybridized carbons (Fsp3) is 0.600. The third-order valence-electron chi connectivity index (χ3n) is 2.96. The molecule has 1 aromatic rings. The average molecular weight is 303 g/mol. The van der Waals surface area contributed by atoms with E-state index in [0.29, 0.717) is 18.6 Å². The molecule has 1 atom stereocenters. The molecule has 2 N–H and O–H groups in total. The number of ether oxygens (including phenoxy) is 1. The summed E-state index contributed by atoms with van der Waals surface area (Å²) in [6, 6.07) is 2.55. The number of hydrogen-bond acceptors (Lipinski definition) is 3. The van der Waals surface area contributed by atoms with Crippen LogP contribution < -0.4 is 10.5 Å². The summed E-state index contributed by atoms with van der Waals surface area (Å²) < 4.78 is 32.9. The van der Waals surface area contributed by atoms with Gasteiger partial charge in [-0.3, -0.25) is 0 Å². The summed E-state index contributed by atoms with van der Waals surface area (Å²) in [5.41, 5.74) is 6.36. The SMILES string of the molecule is CCSCCCOc1c(F)cc(CC(N)CC)cc1F. The van der Waals surface area contributed by atoms with Crippen LogP contribution in [0.15, 0.2) is 12.1 Å². The minimum atomic E-state index is -0.647. The Morgan fingerprint density at radius 2 is 1.90 bits per heavy atom. The van der Waals surface area contributed by atoms with Crippen LogP contribution in [0.5, 0.6) is 5.75 Å². The smallest absolute Gasteiger partial charge is 0.190 e. The molecule has 0 amide bonds. The average Bonchev–Trinajstić information content (AvgIpc) is 2.41. The van der Waals surface area contributed by atoms with Crippen molar-refractivity contribution in [2.75, 3.05) is 18.1 Å². The van der Waals surface area contributed by atoms with Crippen molar-refractivity contribution in [1.82, 2.24) is 0 Å². The van der Waals surface area contributed by atoms with Gasteiger partial charge in [0, 0.05) is 6.04 Å². The molecule has 1 rings (SSSR count). The number of benzene rings is 1. The van der Waals surface area contributed by atoms with Gasteiger partial charge in [-0.15, -0.1) is 0 Å². The summed E-state index contributed by atoms with van der Waals surface area (Å²) >= 11 is 1.78. The third-order valence-corrected chi connectivity index (χ3v) is 3.95. The van der Waals surface area contributed by atoms with E-state index >= 15 is 0 Å². The van der Waals surface area contributed by atoms with Gasteiger partial charge in [-0.05, 0) is 48.5 Å². The molecule has 0 aliphatic heterocycles. The molecule has 114 valence electrons. The second-order valence-electron chi connectivity index (χ2n) is 4.66. The van der Waals surface area contributed by atoms with Gasteiger partial charge in [-0.2, -0.15) is 11.8 Å². The lowest BCUT2D eigenvalue weighted by Crippen LogP contribution is -2.21. The molecule has 0 heterocycles. The number of hydrogen-bond donors (Lipinski definition) is 1. The molecular formula is C15H23F2NOS. The van der Waals surface area contributed by atoms with Crippen molar-refractivity contribution in [1.29, 1.82) is 0 Å². The summed E-state index contributed by atoms with van der Waals surface area (Å²) in [7, 11) is 0. The molecule has 0 aromatic heterocycles. The fourth-order valence-corrected chi connectivity index (χ4v) is 2.41. The van der Waals surface area contributed by atoms with Crippen molar-refractivity contribution in [2.24, 2.45) is 5.73 Å². The van der Waals surface area contributed by atoms with Crippen LogP contribution >= 0.6 is 11.8 Å². The number of nitrogens with two attached hydrogens (primary N) is 1. The Hall–Kier alpha value is -0.810. The van der Waals surface area contributed by atoms with Crippen LogP contribution in [0.3, 0.4) is 0 Å². The zero-order valence-corrected chi connectivity index (χ0v) is 12.9. The van der Waals surface area contributed by atoms with Gasteiger partial charge in [-0.1, -0.05) is 13.8 Å². The van der Waals surface area contributed by atoms with Crippen molar-refractivity contribution < 1.29 is 13.5 Å². The molecule has 0 fully saturated rings. The van der Waals surface area contributed by atoms with E-state index in [9.17, 15) is 8.78 Å². The normalized spacial score (nSPS) is 12.4. The lowest BCUT2D eigenvalue weighted by atomic mass is 10.0. The van der Waals surface area contributed by atoms with Crippen LogP contribution in [-0.2, 0) is 6.42 Å². The molecule has 1 unspecified atom stereocenters. The van der Waals surface area contributed by atoms with Gasteiger partial charge < -0.3 is 10.5 Å². The second-order valence-corrected chi connectivity index (χ2v) is 6.05. The summed E-state index contributed by atoms with van der Waals surface area (Å²) in [6.45, 7) is 4.35. The minimum absolute atomic E-state index is 0.0772. The predicted molar refractivity (Wildman–Crippen MR) is 81.4 cm³/mol. The first-order valence-electron chi connectivity index (χ1n) is 7.02. The molecule has 0 saturated heterocycles. The number of thioether (sulfide) groups is 1. The maximum Gasteiger partial charge on any atom is 0.190 e. The summed E-state index contributed by atoms with van der Waals surface area (Å²) in [6.07, 6.45) is 2.02. The van der Waals surface area contributed by atoms with Crippen LogP contribution in [0.1, 0.15) is 32.3 Å². The molecule has 0 saturated carbocycles. The van der Waals surface area contributed by atoms with Gasteiger partial charge in [-0.25, -0.2) is 8.78 Å². The van der Waals surface area contributed by atoms with E-state index in [0.717, 1.165) is 24.3 Å². The standard InChI is InChI=1S/C15H23F2NOS/c1-3-12(18)8-11-9-13(16)15(14(17)10-11)19-6-5-7-20-4-2/h9-10,12H,3-8,18H2,1-2H3. The van der Waals surface area contributed by atoms with Crippen LogP contribution in [0.4, 0.5) is 8.78 Å². The minimum Gasteiger partial charge on any atom is -0.488 e. The first-order valence-corrected chi connectivity index (χ1v) is 8.18. The first-order chi connectivity index (χ1) is 9.58. The van der Waals surface area contributed by atoms with E-state index in [-0.39, 0.29) is 11.8 Å². The van der Waals surface area contributed by atoms with E-state index in [1.165, 1.54) is 12.1 Å². The van der Waals surface area contributed by atoms with Crippen molar-refractivity contribution >= 4 is 11.8 Å². The van der Waals surface area contributed by atoms with Gasteiger partial charge in [0.2, 0.25) is 0 Å². The molecule has 0 radical (unpaired) electrons. The summed E-state index contributed by atoms with van der Waals surface area (Å²) in [4.78, 5) is 0. The van der Waals surface area contributed by atoms with E-state index in [1.54, 1.807) is 11.8 Å². The highest BCUT2D eigenvalue weighted by Crippen LogP contribution is 2.24. The van der Waals surface area contributed by atoms with Crippen molar-refractivity contribution in [3.63, 3.8) is 0 Å². The highest BCUT2D eigenvalue weighted by molar-refractivity contribution is 7.99. The van der Waals surface area contributed by atoms with E-state index in [2.05, 4.69) is 6.92 Å². The molecule has 1 aromatic carbocycles. The molecule has 0 bridgehead atoms. The zero-order chi connectivity index (χ0) is 15.0. The maximum absolute atomic E-state index is 13.8. The van der Waals surface area contributed by atoms with Crippen LogP contribution in [0, 0.1) is 11.6 Å². The van der Waals surface area contributed by atoms with Gasteiger partial charge in [0.25, 0.3) is 0 Å². The molecule has 0 aliphatic carbocycles. The molecular weight excluding hydrogens is 280 g/mol. The van der Waals surface area contributed by atoms with Crippen molar-refractivity contribution in [3.05, 3.63) is 29.3 Å². The van der Waals surface area contributed by atoms with Crippen LogP contribution in [0.2, 0.25) is 0 Å². The Balaban J connectivity index is 2.59. The van der Waals surface area contributed by atoms with E-state index in [4.69, 9.17) is 10.5 Å². The Bertz CT molecular complexity index is 392. The van der Waals surface area contributed by atoms with Gasteiger partial charge in [0.1, 0.15) is 0 Å². The van der Waals surface area contributed by atoms with Crippen LogP contribution in [0.25, 0.3) is 0 Å². The van der Waals surface area contributed by atoms with E-state index in [1.807, 2.05) is 6.92 Å². The summed E-state index contributed by atoms with van der Waals surface area (Å²) in [5.74, 6) is 0.399. The van der Waals surface area contributed by atoms with Crippen molar-refractivity contribution in [3.8, 4) is 5.75 Å². The van der Waals surface area contributed by atoms with Gasteiger partial charge in [0.05, 0.1) is 6.61 Å². The Morgan fingerprint density at radius 1 is 1.25 bits per heavy atom. The Kier molecular flexibility index (Phi) is 7.92. The van der Waals surface area contributed by atoms with Gasteiger partial charge in [0.15, 0.2) is 17.4 Å². The van der Waals surface area contributed by atoms with E-state index < -0.39 is 11.6 Å². The fourth-order valence-electron chi connectivity index (χ4n) is 1.79. The first kappa shape index (κ1) is 17.2. The highest BCUT2D eigenvalue weighted by atomic mass is 32.2. The molecule has 5 heteroatoms. The monoisotopic (exact) mass is 303 g/mol. The zero-order valence-electron chi connectivity index (χ0n) is 12.1. The lowest BCUT2D eigenvalue weighted by Gasteiger charge is -2.12. The lowest BCUT2D eigenvalue weighted by molar-refractivity contribution is 0.285. The van der Waals surface area contributed by atoms with Gasteiger partial charge >= 0.3 is 0 Å². The highest BCUT2D eigenvalue weighted by Gasteiger charge is 2.13. The number of halogens is 2. The Labute approximate surface area is 124 Å².